The summed E-state index contributed by atoms with van der Waals surface area (Å²) in [6, 6.07) is 15.8. The topological polar surface area (TPSA) is 49.9 Å². The Balaban J connectivity index is 1.54. The summed E-state index contributed by atoms with van der Waals surface area (Å²) >= 11 is 0. The average Bonchev–Trinajstić information content (AvgIpc) is 3.59. The van der Waals surface area contributed by atoms with Gasteiger partial charge in [0.15, 0.2) is 0 Å². The van der Waals surface area contributed by atoms with E-state index in [4.69, 9.17) is 4.74 Å². The zero-order valence-corrected chi connectivity index (χ0v) is 17.8. The van der Waals surface area contributed by atoms with Crippen LogP contribution in [0.3, 0.4) is 0 Å². The third-order valence-corrected chi connectivity index (χ3v) is 6.26. The van der Waals surface area contributed by atoms with Gasteiger partial charge in [-0.1, -0.05) is 35.9 Å². The summed E-state index contributed by atoms with van der Waals surface area (Å²) in [6.45, 7) is 3.72. The first-order valence-electron chi connectivity index (χ1n) is 10.9. The van der Waals surface area contributed by atoms with Crippen LogP contribution >= 0.6 is 0 Å². The van der Waals surface area contributed by atoms with E-state index in [0.29, 0.717) is 0 Å². The Morgan fingerprint density at radius 2 is 1.73 bits per heavy atom. The Hall–Kier alpha value is -2.82. The van der Waals surface area contributed by atoms with Gasteiger partial charge in [0.1, 0.15) is 12.3 Å². The molecule has 4 rings (SSSR count). The summed E-state index contributed by atoms with van der Waals surface area (Å²) in [5, 5.41) is 0. The number of amides is 2. The lowest BCUT2D eigenvalue weighted by atomic mass is 10.1. The predicted octanol–water partition coefficient (Wildman–Crippen LogP) is 4.15. The Morgan fingerprint density at radius 1 is 1.03 bits per heavy atom. The molecule has 2 aliphatic rings. The van der Waals surface area contributed by atoms with Crippen molar-refractivity contribution in [1.29, 1.82) is 0 Å². The second-order valence-corrected chi connectivity index (χ2v) is 8.39. The van der Waals surface area contributed by atoms with Crippen LogP contribution in [0.25, 0.3) is 0 Å². The van der Waals surface area contributed by atoms with Gasteiger partial charge in [0.05, 0.1) is 7.11 Å². The number of rotatable bonds is 6. The number of para-hydroxylation sites is 1. The van der Waals surface area contributed by atoms with Crippen LogP contribution in [0.1, 0.15) is 42.7 Å². The number of piperidine rings is 1. The van der Waals surface area contributed by atoms with Crippen LogP contribution < -0.4 is 9.64 Å². The van der Waals surface area contributed by atoms with Crippen molar-refractivity contribution in [3.63, 3.8) is 0 Å². The lowest BCUT2D eigenvalue weighted by Crippen LogP contribution is -2.45. The lowest BCUT2D eigenvalue weighted by Gasteiger charge is -2.30. The number of methoxy groups -OCH3 is 1. The van der Waals surface area contributed by atoms with E-state index in [-0.39, 0.29) is 30.2 Å². The van der Waals surface area contributed by atoms with Gasteiger partial charge in [-0.05, 0) is 62.3 Å². The van der Waals surface area contributed by atoms with Crippen LogP contribution in [-0.4, -0.2) is 43.5 Å². The van der Waals surface area contributed by atoms with Crippen LogP contribution in [0.4, 0.5) is 5.69 Å². The van der Waals surface area contributed by atoms with Crippen molar-refractivity contribution >= 4 is 17.5 Å². The Kier molecular flexibility index (Phi) is 6.07. The summed E-state index contributed by atoms with van der Waals surface area (Å²) in [4.78, 5) is 30.1. The Labute approximate surface area is 178 Å². The third-order valence-electron chi connectivity index (χ3n) is 6.26. The van der Waals surface area contributed by atoms with Gasteiger partial charge in [-0.3, -0.25) is 9.59 Å². The maximum absolute atomic E-state index is 13.5. The van der Waals surface area contributed by atoms with E-state index in [1.54, 1.807) is 12.0 Å². The largest absolute Gasteiger partial charge is 0.496 e. The highest BCUT2D eigenvalue weighted by molar-refractivity contribution is 6.01. The highest BCUT2D eigenvalue weighted by Gasteiger charge is 2.47. The third kappa shape index (κ3) is 4.35. The second kappa shape index (κ2) is 8.90. The molecule has 158 valence electrons. The van der Waals surface area contributed by atoms with Crippen LogP contribution in [0.15, 0.2) is 48.5 Å². The first-order chi connectivity index (χ1) is 14.6. The normalized spacial score (nSPS) is 20.5. The molecule has 1 saturated heterocycles. The molecule has 1 heterocycles. The molecule has 2 atom stereocenters. The first kappa shape index (κ1) is 20.5. The van der Waals surface area contributed by atoms with E-state index in [1.807, 2.05) is 60.4 Å². The molecular weight excluding hydrogens is 376 g/mol. The molecule has 2 aromatic carbocycles. The van der Waals surface area contributed by atoms with E-state index in [9.17, 15) is 9.59 Å². The number of carbonyl (C=O) groups is 2. The van der Waals surface area contributed by atoms with Crippen molar-refractivity contribution in [3.05, 3.63) is 59.7 Å². The summed E-state index contributed by atoms with van der Waals surface area (Å²) in [7, 11) is 1.66. The second-order valence-electron chi connectivity index (χ2n) is 8.39. The van der Waals surface area contributed by atoms with Gasteiger partial charge in [-0.2, -0.15) is 0 Å². The van der Waals surface area contributed by atoms with Gasteiger partial charge >= 0.3 is 0 Å². The quantitative estimate of drug-likeness (QED) is 0.724. The smallest absolute Gasteiger partial charge is 0.242 e. The lowest BCUT2D eigenvalue weighted by molar-refractivity contribution is -0.132. The van der Waals surface area contributed by atoms with E-state index in [0.717, 1.165) is 54.9 Å². The van der Waals surface area contributed by atoms with Gasteiger partial charge in [-0.15, -0.1) is 0 Å². The molecule has 1 aliphatic carbocycles. The molecule has 5 heteroatoms. The Morgan fingerprint density at radius 3 is 2.43 bits per heavy atom. The summed E-state index contributed by atoms with van der Waals surface area (Å²) in [5.41, 5.74) is 3.00. The van der Waals surface area contributed by atoms with E-state index < -0.39 is 0 Å². The molecule has 2 unspecified atom stereocenters. The van der Waals surface area contributed by atoms with Crippen LogP contribution in [0.5, 0.6) is 5.75 Å². The molecular formula is C25H30N2O3. The van der Waals surface area contributed by atoms with Gasteiger partial charge in [0.25, 0.3) is 0 Å². The number of nitrogens with zero attached hydrogens (tertiary/aromatic N) is 2. The van der Waals surface area contributed by atoms with Crippen molar-refractivity contribution in [1.82, 2.24) is 4.90 Å². The van der Waals surface area contributed by atoms with Crippen molar-refractivity contribution in [2.24, 2.45) is 5.92 Å². The molecule has 2 fully saturated rings. The summed E-state index contributed by atoms with van der Waals surface area (Å²) in [5.74, 6) is 0.922. The number of aryl methyl sites for hydroxylation is 1. The highest BCUT2D eigenvalue weighted by Crippen LogP contribution is 2.51. The standard InChI is InChI=1S/C25H30N2O3/c1-18-10-12-19(13-11-18)27(17-24(28)26-14-6-3-7-15-26)25(29)22-16-21(22)20-8-4-5-9-23(20)30-2/h4-5,8-13,21-22H,3,6-7,14-17H2,1-2H3. The molecule has 0 N–H and O–H groups in total. The van der Waals surface area contributed by atoms with Gasteiger partial charge in [-0.25, -0.2) is 0 Å². The zero-order chi connectivity index (χ0) is 21.1. The number of benzene rings is 2. The maximum Gasteiger partial charge on any atom is 0.242 e. The summed E-state index contributed by atoms with van der Waals surface area (Å²) < 4.78 is 5.49. The molecule has 1 saturated carbocycles. The fraction of sp³-hybridized carbons (Fsp3) is 0.440. The minimum Gasteiger partial charge on any atom is -0.496 e. The van der Waals surface area contributed by atoms with Crippen LogP contribution in [0, 0.1) is 12.8 Å². The number of carbonyl (C=O) groups excluding carboxylic acids is 2. The van der Waals surface area contributed by atoms with Gasteiger partial charge in [0, 0.05) is 24.7 Å². The molecule has 0 radical (unpaired) electrons. The molecule has 1 aliphatic heterocycles. The number of ether oxygens (including phenoxy) is 1. The van der Waals surface area contributed by atoms with Crippen molar-refractivity contribution in [2.75, 3.05) is 31.6 Å². The van der Waals surface area contributed by atoms with Crippen molar-refractivity contribution in [3.8, 4) is 5.75 Å². The van der Waals surface area contributed by atoms with E-state index in [1.165, 1.54) is 6.42 Å². The molecule has 30 heavy (non-hydrogen) atoms. The molecule has 0 bridgehead atoms. The molecule has 2 aromatic rings. The van der Waals surface area contributed by atoms with Crippen LogP contribution in [-0.2, 0) is 9.59 Å². The van der Waals surface area contributed by atoms with E-state index >= 15 is 0 Å². The van der Waals surface area contributed by atoms with E-state index in [2.05, 4.69) is 0 Å². The van der Waals surface area contributed by atoms with Gasteiger partial charge in [0.2, 0.25) is 11.8 Å². The molecule has 0 aromatic heterocycles. The first-order valence-corrected chi connectivity index (χ1v) is 10.9. The summed E-state index contributed by atoms with van der Waals surface area (Å²) in [6.07, 6.45) is 4.05. The minimum atomic E-state index is -0.114. The Bertz CT molecular complexity index is 903. The van der Waals surface area contributed by atoms with Crippen molar-refractivity contribution in [2.45, 2.75) is 38.5 Å². The SMILES string of the molecule is COc1ccccc1C1CC1C(=O)N(CC(=O)N1CCCCC1)c1ccc(C)cc1. The monoisotopic (exact) mass is 406 g/mol. The van der Waals surface area contributed by atoms with Crippen LogP contribution in [0.2, 0.25) is 0 Å². The number of likely N-dealkylation sites (tertiary alicyclic amines) is 1. The number of anilines is 1. The molecule has 2 amide bonds. The predicted molar refractivity (Wildman–Crippen MR) is 118 cm³/mol. The number of hydrogen-bond acceptors (Lipinski definition) is 3. The number of hydrogen-bond donors (Lipinski definition) is 0. The molecule has 5 nitrogen and oxygen atoms in total. The average molecular weight is 407 g/mol. The maximum atomic E-state index is 13.5. The van der Waals surface area contributed by atoms with Crippen molar-refractivity contribution < 1.29 is 14.3 Å². The fourth-order valence-electron chi connectivity index (χ4n) is 4.38. The minimum absolute atomic E-state index is 0.0279. The molecule has 0 spiro atoms. The zero-order valence-electron chi connectivity index (χ0n) is 17.8. The fourth-order valence-corrected chi connectivity index (χ4v) is 4.38. The van der Waals surface area contributed by atoms with Gasteiger partial charge < -0.3 is 14.5 Å². The highest BCUT2D eigenvalue weighted by atomic mass is 16.5.